The Labute approximate surface area is 118 Å². The van der Waals surface area contributed by atoms with Crippen LogP contribution in [0.15, 0.2) is 42.5 Å². The molecule has 1 aliphatic carbocycles. The lowest BCUT2D eigenvalue weighted by Gasteiger charge is -2.07. The van der Waals surface area contributed by atoms with Crippen LogP contribution < -0.4 is 5.32 Å². The molecule has 1 aliphatic rings. The predicted molar refractivity (Wildman–Crippen MR) is 80.8 cm³/mol. The van der Waals surface area contributed by atoms with Gasteiger partial charge in [-0.1, -0.05) is 18.1 Å². The van der Waals surface area contributed by atoms with Crippen molar-refractivity contribution in [2.75, 3.05) is 5.32 Å². The van der Waals surface area contributed by atoms with E-state index in [0.29, 0.717) is 5.56 Å². The van der Waals surface area contributed by atoms with Crippen LogP contribution in [0, 0.1) is 12.3 Å². The number of carbonyl (C=O) groups is 1. The highest BCUT2D eigenvalue weighted by atomic mass is 16.1. The van der Waals surface area contributed by atoms with Crippen LogP contribution in [-0.4, -0.2) is 5.91 Å². The molecule has 1 amide bonds. The smallest absolute Gasteiger partial charge is 0.255 e. The van der Waals surface area contributed by atoms with Gasteiger partial charge in [-0.05, 0) is 60.7 Å². The van der Waals surface area contributed by atoms with Crippen LogP contribution in [0.3, 0.4) is 0 Å². The summed E-state index contributed by atoms with van der Waals surface area (Å²) in [6.45, 7) is 0. The lowest BCUT2D eigenvalue weighted by molar-refractivity contribution is 0.102. The number of hydrogen-bond acceptors (Lipinski definition) is 1. The van der Waals surface area contributed by atoms with Gasteiger partial charge in [0.2, 0.25) is 0 Å². The third-order valence-electron chi connectivity index (χ3n) is 3.65. The zero-order valence-electron chi connectivity index (χ0n) is 11.1. The molecule has 20 heavy (non-hydrogen) atoms. The molecule has 0 spiro atoms. The zero-order valence-corrected chi connectivity index (χ0v) is 11.1. The van der Waals surface area contributed by atoms with Crippen LogP contribution in [0.5, 0.6) is 0 Å². The molecule has 0 radical (unpaired) electrons. The second-order valence-corrected chi connectivity index (χ2v) is 5.02. The average Bonchev–Trinajstić information content (AvgIpc) is 2.94. The molecule has 98 valence electrons. The molecule has 0 aliphatic heterocycles. The molecule has 1 N–H and O–H groups in total. The van der Waals surface area contributed by atoms with Crippen LogP contribution in [-0.2, 0) is 12.8 Å². The maximum atomic E-state index is 12.3. The Balaban J connectivity index is 1.81. The Morgan fingerprint density at radius 3 is 2.80 bits per heavy atom. The largest absolute Gasteiger partial charge is 0.322 e. The van der Waals surface area contributed by atoms with E-state index in [1.165, 1.54) is 17.5 Å². The molecular formula is C18H15NO. The van der Waals surface area contributed by atoms with E-state index in [4.69, 9.17) is 6.42 Å². The molecule has 2 nitrogen and oxygen atoms in total. The van der Waals surface area contributed by atoms with Crippen molar-refractivity contribution in [1.29, 1.82) is 0 Å². The van der Waals surface area contributed by atoms with Gasteiger partial charge in [-0.3, -0.25) is 4.79 Å². The lowest BCUT2D eigenvalue weighted by atomic mass is 10.1. The number of amides is 1. The van der Waals surface area contributed by atoms with Crippen molar-refractivity contribution in [3.05, 3.63) is 64.7 Å². The van der Waals surface area contributed by atoms with E-state index in [0.717, 1.165) is 24.1 Å². The van der Waals surface area contributed by atoms with E-state index in [1.54, 1.807) is 6.07 Å². The molecular weight excluding hydrogens is 246 g/mol. The average molecular weight is 261 g/mol. The molecule has 2 heteroatoms. The Hall–Kier alpha value is -2.53. The highest BCUT2D eigenvalue weighted by molar-refractivity contribution is 6.04. The van der Waals surface area contributed by atoms with Crippen molar-refractivity contribution >= 4 is 11.6 Å². The van der Waals surface area contributed by atoms with Gasteiger partial charge in [-0.25, -0.2) is 0 Å². The number of nitrogens with one attached hydrogen (secondary N) is 1. The molecule has 2 aromatic rings. The molecule has 0 atom stereocenters. The van der Waals surface area contributed by atoms with Gasteiger partial charge in [-0.15, -0.1) is 6.42 Å². The molecule has 0 bridgehead atoms. The fourth-order valence-corrected chi connectivity index (χ4v) is 2.60. The molecule has 3 rings (SSSR count). The molecule has 0 aromatic heterocycles. The second-order valence-electron chi connectivity index (χ2n) is 5.02. The maximum Gasteiger partial charge on any atom is 0.255 e. The molecule has 0 heterocycles. The maximum absolute atomic E-state index is 12.3. The summed E-state index contributed by atoms with van der Waals surface area (Å²) in [6.07, 6.45) is 8.74. The van der Waals surface area contributed by atoms with Crippen molar-refractivity contribution in [2.45, 2.75) is 19.3 Å². The standard InChI is InChI=1S/C18H15NO/c1-2-13-5-3-8-17(11-13)19-18(20)16-10-9-14-6-4-7-15(14)12-16/h1,3,5,8-12H,4,6-7H2,(H,19,20). The van der Waals surface area contributed by atoms with Crippen LogP contribution in [0.2, 0.25) is 0 Å². The number of carbonyl (C=O) groups excluding carboxylic acids is 1. The quantitative estimate of drug-likeness (QED) is 0.825. The van der Waals surface area contributed by atoms with Crippen molar-refractivity contribution in [1.82, 2.24) is 0 Å². The summed E-state index contributed by atoms with van der Waals surface area (Å²) in [6, 6.07) is 13.3. The van der Waals surface area contributed by atoms with Crippen LogP contribution in [0.25, 0.3) is 0 Å². The summed E-state index contributed by atoms with van der Waals surface area (Å²) in [5.74, 6) is 2.47. The molecule has 0 fully saturated rings. The number of aryl methyl sites for hydroxylation is 2. The SMILES string of the molecule is C#Cc1cccc(NC(=O)c2ccc3c(c2)CCC3)c1. The number of fused-ring (bicyclic) bond motifs is 1. The third kappa shape index (κ3) is 2.44. The van der Waals surface area contributed by atoms with E-state index in [9.17, 15) is 4.79 Å². The van der Waals surface area contributed by atoms with Crippen molar-refractivity contribution in [2.24, 2.45) is 0 Å². The summed E-state index contributed by atoms with van der Waals surface area (Å²) < 4.78 is 0. The minimum atomic E-state index is -0.0890. The Morgan fingerprint density at radius 2 is 1.95 bits per heavy atom. The van der Waals surface area contributed by atoms with Crippen LogP contribution in [0.1, 0.15) is 33.5 Å². The number of benzene rings is 2. The highest BCUT2D eigenvalue weighted by Crippen LogP contribution is 2.23. The van der Waals surface area contributed by atoms with Crippen molar-refractivity contribution in [3.8, 4) is 12.3 Å². The van der Waals surface area contributed by atoms with E-state index in [-0.39, 0.29) is 5.91 Å². The van der Waals surface area contributed by atoms with Gasteiger partial charge in [0.1, 0.15) is 0 Å². The van der Waals surface area contributed by atoms with Gasteiger partial charge >= 0.3 is 0 Å². The number of rotatable bonds is 2. The fraction of sp³-hybridized carbons (Fsp3) is 0.167. The van der Waals surface area contributed by atoms with E-state index >= 15 is 0 Å². The minimum Gasteiger partial charge on any atom is -0.322 e. The van der Waals surface area contributed by atoms with Crippen molar-refractivity contribution < 1.29 is 4.79 Å². The molecule has 0 unspecified atom stereocenters. The lowest BCUT2D eigenvalue weighted by Crippen LogP contribution is -2.12. The molecule has 0 saturated heterocycles. The van der Waals surface area contributed by atoms with E-state index in [1.807, 2.05) is 30.3 Å². The van der Waals surface area contributed by atoms with E-state index < -0.39 is 0 Å². The molecule has 2 aromatic carbocycles. The van der Waals surface area contributed by atoms with Crippen LogP contribution in [0.4, 0.5) is 5.69 Å². The van der Waals surface area contributed by atoms with Crippen molar-refractivity contribution in [3.63, 3.8) is 0 Å². The van der Waals surface area contributed by atoms with Gasteiger partial charge in [0.05, 0.1) is 0 Å². The number of anilines is 1. The molecule has 0 saturated carbocycles. The van der Waals surface area contributed by atoms with Crippen LogP contribution >= 0.6 is 0 Å². The summed E-state index contributed by atoms with van der Waals surface area (Å²) in [4.78, 5) is 12.3. The summed E-state index contributed by atoms with van der Waals surface area (Å²) >= 11 is 0. The van der Waals surface area contributed by atoms with E-state index in [2.05, 4.69) is 17.3 Å². The van der Waals surface area contributed by atoms with Gasteiger partial charge in [0.25, 0.3) is 5.91 Å². The minimum absolute atomic E-state index is 0.0890. The Bertz CT molecular complexity index is 710. The first-order chi connectivity index (χ1) is 9.76. The number of terminal acetylenes is 1. The van der Waals surface area contributed by atoms with Gasteiger partial charge in [-0.2, -0.15) is 0 Å². The third-order valence-corrected chi connectivity index (χ3v) is 3.65. The first kappa shape index (κ1) is 12.5. The first-order valence-electron chi connectivity index (χ1n) is 6.76. The summed E-state index contributed by atoms with van der Waals surface area (Å²) in [5, 5.41) is 2.89. The van der Waals surface area contributed by atoms with Gasteiger partial charge in [0, 0.05) is 16.8 Å². The predicted octanol–water partition coefficient (Wildman–Crippen LogP) is 3.41. The van der Waals surface area contributed by atoms with Gasteiger partial charge in [0.15, 0.2) is 0 Å². The first-order valence-corrected chi connectivity index (χ1v) is 6.76. The van der Waals surface area contributed by atoms with Gasteiger partial charge < -0.3 is 5.32 Å². The zero-order chi connectivity index (χ0) is 13.9. The number of hydrogen-bond donors (Lipinski definition) is 1. The summed E-state index contributed by atoms with van der Waals surface area (Å²) in [5.41, 5.74) is 4.87. The Morgan fingerprint density at radius 1 is 1.10 bits per heavy atom. The Kier molecular flexibility index (Phi) is 3.26. The second kappa shape index (κ2) is 5.22. The highest BCUT2D eigenvalue weighted by Gasteiger charge is 2.14. The fourth-order valence-electron chi connectivity index (χ4n) is 2.60. The normalized spacial score (nSPS) is 12.6. The monoisotopic (exact) mass is 261 g/mol. The summed E-state index contributed by atoms with van der Waals surface area (Å²) in [7, 11) is 0. The topological polar surface area (TPSA) is 29.1 Å².